The lowest BCUT2D eigenvalue weighted by Gasteiger charge is -2.07. The fourth-order valence-electron chi connectivity index (χ4n) is 2.64. The lowest BCUT2D eigenvalue weighted by atomic mass is 9.93. The summed E-state index contributed by atoms with van der Waals surface area (Å²) in [5, 5.41) is 0. The van der Waals surface area contributed by atoms with Gasteiger partial charge in [-0.2, -0.15) is 0 Å². The summed E-state index contributed by atoms with van der Waals surface area (Å²) in [6, 6.07) is 7.77. The first-order valence-electron chi connectivity index (χ1n) is 6.51. The van der Waals surface area contributed by atoms with E-state index < -0.39 is 0 Å². The number of nitrogens with one attached hydrogen (secondary N) is 1. The van der Waals surface area contributed by atoms with Crippen molar-refractivity contribution in [3.05, 3.63) is 52.3 Å². The zero-order valence-corrected chi connectivity index (χ0v) is 11.4. The van der Waals surface area contributed by atoms with Gasteiger partial charge < -0.3 is 9.72 Å². The van der Waals surface area contributed by atoms with Crippen LogP contribution >= 0.6 is 0 Å². The van der Waals surface area contributed by atoms with E-state index in [-0.39, 0.29) is 11.7 Å². The highest BCUT2D eigenvalue weighted by Gasteiger charge is 2.32. The van der Waals surface area contributed by atoms with Crippen molar-refractivity contribution in [1.29, 1.82) is 0 Å². The van der Waals surface area contributed by atoms with Gasteiger partial charge >= 0.3 is 0 Å². The number of rotatable bonds is 2. The monoisotopic (exact) mass is 255 g/mol. The summed E-state index contributed by atoms with van der Waals surface area (Å²) < 4.78 is 5.60. The highest BCUT2D eigenvalue weighted by atomic mass is 16.5. The molecule has 0 saturated carbocycles. The molecule has 19 heavy (non-hydrogen) atoms. The summed E-state index contributed by atoms with van der Waals surface area (Å²) in [5.41, 5.74) is 4.99. The van der Waals surface area contributed by atoms with E-state index in [0.29, 0.717) is 6.61 Å². The molecule has 1 aliphatic rings. The first kappa shape index (κ1) is 12.0. The number of H-pyrrole nitrogens is 1. The average Bonchev–Trinajstić information content (AvgIpc) is 2.95. The highest BCUT2D eigenvalue weighted by molar-refractivity contribution is 6.02. The number of ether oxygens (including phenoxy) is 1. The summed E-state index contributed by atoms with van der Waals surface area (Å²) in [4.78, 5) is 15.9. The second kappa shape index (κ2) is 4.26. The Morgan fingerprint density at radius 1 is 1.21 bits per heavy atom. The van der Waals surface area contributed by atoms with E-state index in [2.05, 4.69) is 4.98 Å². The fraction of sp³-hybridized carbons (Fsp3) is 0.312. The first-order chi connectivity index (χ1) is 9.09. The number of benzene rings is 1. The molecule has 1 aromatic heterocycles. The van der Waals surface area contributed by atoms with E-state index in [1.54, 1.807) is 0 Å². The van der Waals surface area contributed by atoms with Gasteiger partial charge in [0.2, 0.25) is 0 Å². The average molecular weight is 255 g/mol. The molecule has 3 rings (SSSR count). The zero-order valence-electron chi connectivity index (χ0n) is 11.4. The van der Waals surface area contributed by atoms with Crippen molar-refractivity contribution in [1.82, 2.24) is 4.98 Å². The van der Waals surface area contributed by atoms with Crippen molar-refractivity contribution in [2.24, 2.45) is 0 Å². The number of hydrogen-bond donors (Lipinski definition) is 1. The van der Waals surface area contributed by atoms with E-state index >= 15 is 0 Å². The molecule has 0 bridgehead atoms. The van der Waals surface area contributed by atoms with Gasteiger partial charge in [-0.3, -0.25) is 4.79 Å². The molecule has 1 unspecified atom stereocenters. The third-order valence-corrected chi connectivity index (χ3v) is 4.08. The molecule has 2 heterocycles. The van der Waals surface area contributed by atoms with E-state index in [9.17, 15) is 4.79 Å². The van der Waals surface area contributed by atoms with Gasteiger partial charge in [-0.15, -0.1) is 0 Å². The van der Waals surface area contributed by atoms with E-state index in [0.717, 1.165) is 33.8 Å². The Morgan fingerprint density at radius 3 is 2.63 bits per heavy atom. The lowest BCUT2D eigenvalue weighted by molar-refractivity contribution is 0.0942. The SMILES string of the molecule is Cc1[nH]c(C(=O)C2COc3ccccc32)c(C)c1C. The van der Waals surface area contributed by atoms with Crippen LogP contribution in [0.15, 0.2) is 24.3 Å². The normalized spacial score (nSPS) is 17.1. The van der Waals surface area contributed by atoms with Gasteiger partial charge in [-0.1, -0.05) is 18.2 Å². The molecule has 0 amide bonds. The minimum atomic E-state index is -0.188. The van der Waals surface area contributed by atoms with Crippen LogP contribution in [-0.2, 0) is 0 Å². The highest BCUT2D eigenvalue weighted by Crippen LogP contribution is 2.36. The number of carbonyl (C=O) groups is 1. The van der Waals surface area contributed by atoms with E-state index in [4.69, 9.17) is 4.74 Å². The van der Waals surface area contributed by atoms with Crippen molar-refractivity contribution in [2.45, 2.75) is 26.7 Å². The molecule has 3 nitrogen and oxygen atoms in total. The zero-order chi connectivity index (χ0) is 13.6. The molecule has 0 spiro atoms. The van der Waals surface area contributed by atoms with Crippen LogP contribution in [0.5, 0.6) is 5.75 Å². The number of aryl methyl sites for hydroxylation is 1. The predicted octanol–water partition coefficient (Wildman–Crippen LogP) is 3.30. The van der Waals surface area contributed by atoms with Gasteiger partial charge in [0.15, 0.2) is 5.78 Å². The maximum Gasteiger partial charge on any atom is 0.190 e. The van der Waals surface area contributed by atoms with Crippen molar-refractivity contribution >= 4 is 5.78 Å². The van der Waals surface area contributed by atoms with Gasteiger partial charge in [-0.05, 0) is 38.0 Å². The minimum absolute atomic E-state index is 0.124. The van der Waals surface area contributed by atoms with Gasteiger partial charge in [0.1, 0.15) is 12.4 Å². The van der Waals surface area contributed by atoms with Gasteiger partial charge in [0.25, 0.3) is 0 Å². The molecule has 0 fully saturated rings. The Hall–Kier alpha value is -2.03. The van der Waals surface area contributed by atoms with Gasteiger partial charge in [-0.25, -0.2) is 0 Å². The van der Waals surface area contributed by atoms with Crippen molar-refractivity contribution < 1.29 is 9.53 Å². The molecule has 98 valence electrons. The predicted molar refractivity (Wildman–Crippen MR) is 74.0 cm³/mol. The number of hydrogen-bond acceptors (Lipinski definition) is 2. The molecular formula is C16H17NO2. The number of ketones is 1. The summed E-state index contributed by atoms with van der Waals surface area (Å²) in [6.07, 6.45) is 0. The van der Waals surface area contributed by atoms with E-state index in [1.165, 1.54) is 0 Å². The van der Waals surface area contributed by atoms with Crippen molar-refractivity contribution in [3.63, 3.8) is 0 Å². The number of para-hydroxylation sites is 1. The Balaban J connectivity index is 2.00. The molecule has 0 radical (unpaired) electrons. The fourth-order valence-corrected chi connectivity index (χ4v) is 2.64. The molecule has 3 heteroatoms. The van der Waals surface area contributed by atoms with Crippen molar-refractivity contribution in [3.8, 4) is 5.75 Å². The van der Waals surface area contributed by atoms with Gasteiger partial charge in [0, 0.05) is 11.3 Å². The van der Waals surface area contributed by atoms with Crippen LogP contribution in [-0.4, -0.2) is 17.4 Å². The number of carbonyl (C=O) groups excluding carboxylic acids is 1. The molecule has 1 aromatic carbocycles. The number of Topliss-reactive ketones (excluding diaryl/α,β-unsaturated/α-hetero) is 1. The number of fused-ring (bicyclic) bond motifs is 1. The summed E-state index contributed by atoms with van der Waals surface area (Å²) in [7, 11) is 0. The Bertz CT molecular complexity index is 655. The second-order valence-corrected chi connectivity index (χ2v) is 5.14. The topological polar surface area (TPSA) is 42.1 Å². The van der Waals surface area contributed by atoms with Crippen LogP contribution < -0.4 is 4.74 Å². The maximum absolute atomic E-state index is 12.7. The summed E-state index contributed by atoms with van der Waals surface area (Å²) in [6.45, 7) is 6.47. The van der Waals surface area contributed by atoms with Gasteiger partial charge in [0.05, 0.1) is 11.6 Å². The largest absolute Gasteiger partial charge is 0.492 e. The van der Waals surface area contributed by atoms with Crippen LogP contribution in [0, 0.1) is 20.8 Å². The number of aromatic nitrogens is 1. The molecular weight excluding hydrogens is 238 g/mol. The van der Waals surface area contributed by atoms with Crippen molar-refractivity contribution in [2.75, 3.05) is 6.61 Å². The Morgan fingerprint density at radius 2 is 1.95 bits per heavy atom. The minimum Gasteiger partial charge on any atom is -0.492 e. The molecule has 2 aromatic rings. The third kappa shape index (κ3) is 1.77. The molecule has 0 aliphatic carbocycles. The standard InChI is InChI=1S/C16H17NO2/c1-9-10(2)15(17-11(9)3)16(18)13-8-19-14-7-5-4-6-12(13)14/h4-7,13,17H,8H2,1-3H3. The van der Waals surface area contributed by atoms with E-state index in [1.807, 2.05) is 45.0 Å². The molecule has 1 atom stereocenters. The van der Waals surface area contributed by atoms with Crippen LogP contribution in [0.2, 0.25) is 0 Å². The van der Waals surface area contributed by atoms with Crippen LogP contribution in [0.25, 0.3) is 0 Å². The second-order valence-electron chi connectivity index (χ2n) is 5.14. The molecule has 1 aliphatic heterocycles. The van der Waals surface area contributed by atoms with Crippen LogP contribution in [0.1, 0.15) is 38.8 Å². The maximum atomic E-state index is 12.7. The Labute approximate surface area is 112 Å². The summed E-state index contributed by atoms with van der Waals surface area (Å²) >= 11 is 0. The third-order valence-electron chi connectivity index (χ3n) is 4.08. The molecule has 0 saturated heterocycles. The number of aromatic amines is 1. The Kier molecular flexibility index (Phi) is 2.70. The first-order valence-corrected chi connectivity index (χ1v) is 6.51. The quantitative estimate of drug-likeness (QED) is 0.837. The molecule has 1 N–H and O–H groups in total. The van der Waals surface area contributed by atoms with Crippen LogP contribution in [0.3, 0.4) is 0 Å². The summed E-state index contributed by atoms with van der Waals surface area (Å²) in [5.74, 6) is 0.768. The van der Waals surface area contributed by atoms with Crippen LogP contribution in [0.4, 0.5) is 0 Å². The lowest BCUT2D eigenvalue weighted by Crippen LogP contribution is -2.15. The smallest absolute Gasteiger partial charge is 0.190 e.